The quantitative estimate of drug-likeness (QED) is 0.919. The number of fused-ring (bicyclic) bond motifs is 1. The van der Waals surface area contributed by atoms with E-state index >= 15 is 0 Å². The van der Waals surface area contributed by atoms with Crippen molar-refractivity contribution < 1.29 is 0 Å². The lowest BCUT2D eigenvalue weighted by atomic mass is 9.99. The van der Waals surface area contributed by atoms with Gasteiger partial charge in [0.25, 0.3) is 0 Å². The standard InChI is InChI=1S/C14H18ClN3/c1-3-14(2,16)13-17-11-7-4-9(15)8-12(11)18(13)10-5-6-10/h4,7-8,10H,3,5-6,16H2,1-2H3. The minimum atomic E-state index is -0.381. The third kappa shape index (κ3) is 1.82. The molecule has 1 aliphatic rings. The van der Waals surface area contributed by atoms with Crippen LogP contribution in [0.15, 0.2) is 18.2 Å². The number of hydrogen-bond acceptors (Lipinski definition) is 2. The number of benzene rings is 1. The fourth-order valence-electron chi connectivity index (χ4n) is 2.33. The van der Waals surface area contributed by atoms with E-state index in [0.29, 0.717) is 6.04 Å². The molecule has 4 heteroatoms. The second-order valence-corrected chi connectivity index (χ2v) is 5.88. The number of rotatable bonds is 3. The average molecular weight is 264 g/mol. The molecule has 2 N–H and O–H groups in total. The number of hydrogen-bond donors (Lipinski definition) is 1. The number of nitrogens with zero attached hydrogens (tertiary/aromatic N) is 2. The van der Waals surface area contributed by atoms with E-state index in [1.807, 2.05) is 18.2 Å². The predicted molar refractivity (Wildman–Crippen MR) is 74.8 cm³/mol. The summed E-state index contributed by atoms with van der Waals surface area (Å²) >= 11 is 6.10. The van der Waals surface area contributed by atoms with Gasteiger partial charge in [-0.25, -0.2) is 4.98 Å². The lowest BCUT2D eigenvalue weighted by Gasteiger charge is -2.23. The molecular weight excluding hydrogens is 246 g/mol. The van der Waals surface area contributed by atoms with Crippen LogP contribution in [0, 0.1) is 0 Å². The highest BCUT2D eigenvalue weighted by Gasteiger charge is 2.34. The van der Waals surface area contributed by atoms with E-state index in [1.165, 1.54) is 12.8 Å². The van der Waals surface area contributed by atoms with Crippen LogP contribution in [0.1, 0.15) is 45.0 Å². The van der Waals surface area contributed by atoms with E-state index in [4.69, 9.17) is 22.3 Å². The first-order chi connectivity index (χ1) is 8.53. The molecule has 0 spiro atoms. The molecule has 1 atom stereocenters. The van der Waals surface area contributed by atoms with Gasteiger partial charge in [-0.05, 0) is 44.4 Å². The van der Waals surface area contributed by atoms with Crippen molar-refractivity contribution in [2.45, 2.75) is 44.7 Å². The molecule has 0 bridgehead atoms. The summed E-state index contributed by atoms with van der Waals surface area (Å²) in [7, 11) is 0. The van der Waals surface area contributed by atoms with Crippen molar-refractivity contribution in [3.05, 3.63) is 29.0 Å². The molecule has 96 valence electrons. The number of halogens is 1. The predicted octanol–water partition coefficient (Wildman–Crippen LogP) is 3.61. The highest BCUT2D eigenvalue weighted by Crippen LogP contribution is 2.41. The van der Waals surface area contributed by atoms with Gasteiger partial charge in [0.2, 0.25) is 0 Å². The molecule has 3 rings (SSSR count). The highest BCUT2D eigenvalue weighted by atomic mass is 35.5. The Morgan fingerprint density at radius 3 is 2.83 bits per heavy atom. The Hall–Kier alpha value is -1.06. The van der Waals surface area contributed by atoms with Crippen molar-refractivity contribution in [2.24, 2.45) is 5.73 Å². The molecule has 0 radical (unpaired) electrons. The third-order valence-corrected chi connectivity index (χ3v) is 4.04. The van der Waals surface area contributed by atoms with Gasteiger partial charge in [-0.15, -0.1) is 0 Å². The maximum absolute atomic E-state index is 6.39. The molecule has 1 heterocycles. The zero-order valence-electron chi connectivity index (χ0n) is 10.8. The molecule has 2 aromatic rings. The third-order valence-electron chi connectivity index (χ3n) is 3.81. The molecule has 3 nitrogen and oxygen atoms in total. The summed E-state index contributed by atoms with van der Waals surface area (Å²) in [5.41, 5.74) is 8.12. The Morgan fingerprint density at radius 2 is 2.22 bits per heavy atom. The van der Waals surface area contributed by atoms with Crippen molar-refractivity contribution in [2.75, 3.05) is 0 Å². The largest absolute Gasteiger partial charge is 0.323 e. The zero-order chi connectivity index (χ0) is 12.9. The lowest BCUT2D eigenvalue weighted by Crippen LogP contribution is -2.35. The molecule has 0 saturated heterocycles. The monoisotopic (exact) mass is 263 g/mol. The van der Waals surface area contributed by atoms with Crippen molar-refractivity contribution in [3.63, 3.8) is 0 Å². The van der Waals surface area contributed by atoms with Crippen LogP contribution in [0.3, 0.4) is 0 Å². The topological polar surface area (TPSA) is 43.8 Å². The lowest BCUT2D eigenvalue weighted by molar-refractivity contribution is 0.424. The first kappa shape index (κ1) is 12.0. The van der Waals surface area contributed by atoms with Crippen LogP contribution in [0.5, 0.6) is 0 Å². The normalized spacial score (nSPS) is 19.1. The van der Waals surface area contributed by atoms with Gasteiger partial charge in [-0.3, -0.25) is 0 Å². The summed E-state index contributed by atoms with van der Waals surface area (Å²) in [4.78, 5) is 4.74. The Morgan fingerprint density at radius 1 is 1.50 bits per heavy atom. The Kier molecular flexibility index (Phi) is 2.65. The zero-order valence-corrected chi connectivity index (χ0v) is 11.5. The summed E-state index contributed by atoms with van der Waals surface area (Å²) in [5.74, 6) is 0.991. The number of nitrogens with two attached hydrogens (primary N) is 1. The van der Waals surface area contributed by atoms with Crippen LogP contribution in [0.25, 0.3) is 11.0 Å². The van der Waals surface area contributed by atoms with Crippen LogP contribution < -0.4 is 5.73 Å². The van der Waals surface area contributed by atoms with Crippen molar-refractivity contribution in [1.29, 1.82) is 0 Å². The Balaban J connectivity index is 2.28. The van der Waals surface area contributed by atoms with Crippen molar-refractivity contribution in [1.82, 2.24) is 9.55 Å². The van der Waals surface area contributed by atoms with Crippen LogP contribution in [-0.4, -0.2) is 9.55 Å². The first-order valence-corrected chi connectivity index (χ1v) is 6.87. The van der Waals surface area contributed by atoms with Gasteiger partial charge >= 0.3 is 0 Å². The minimum absolute atomic E-state index is 0.381. The number of imidazole rings is 1. The maximum atomic E-state index is 6.39. The van der Waals surface area contributed by atoms with Gasteiger partial charge < -0.3 is 10.3 Å². The van der Waals surface area contributed by atoms with Crippen LogP contribution in [-0.2, 0) is 5.54 Å². The molecule has 18 heavy (non-hydrogen) atoms. The smallest absolute Gasteiger partial charge is 0.130 e. The highest BCUT2D eigenvalue weighted by molar-refractivity contribution is 6.31. The Bertz CT molecular complexity index is 596. The van der Waals surface area contributed by atoms with E-state index in [1.54, 1.807) is 0 Å². The first-order valence-electron chi connectivity index (χ1n) is 6.50. The van der Waals surface area contributed by atoms with Crippen LogP contribution in [0.2, 0.25) is 5.02 Å². The molecule has 1 fully saturated rings. The summed E-state index contributed by atoms with van der Waals surface area (Å²) in [6, 6.07) is 6.42. The SMILES string of the molecule is CCC(C)(N)c1nc2ccc(Cl)cc2n1C1CC1. The average Bonchev–Trinajstić information content (AvgIpc) is 3.10. The van der Waals surface area contributed by atoms with Gasteiger partial charge in [0.15, 0.2) is 0 Å². The summed E-state index contributed by atoms with van der Waals surface area (Å²) in [6.07, 6.45) is 3.30. The fourth-order valence-corrected chi connectivity index (χ4v) is 2.50. The van der Waals surface area contributed by atoms with E-state index < -0.39 is 0 Å². The van der Waals surface area contributed by atoms with Crippen molar-refractivity contribution >= 4 is 22.6 Å². The molecule has 0 amide bonds. The van der Waals surface area contributed by atoms with E-state index in [0.717, 1.165) is 28.3 Å². The summed E-state index contributed by atoms with van der Waals surface area (Å²) < 4.78 is 2.30. The fraction of sp³-hybridized carbons (Fsp3) is 0.500. The Labute approximate surface area is 112 Å². The number of aromatic nitrogens is 2. The molecule has 1 aliphatic carbocycles. The van der Waals surface area contributed by atoms with Gasteiger partial charge in [0.1, 0.15) is 5.82 Å². The van der Waals surface area contributed by atoms with E-state index in [9.17, 15) is 0 Å². The second-order valence-electron chi connectivity index (χ2n) is 5.44. The molecular formula is C14H18ClN3. The van der Waals surface area contributed by atoms with E-state index in [2.05, 4.69) is 18.4 Å². The van der Waals surface area contributed by atoms with Gasteiger partial charge in [-0.1, -0.05) is 18.5 Å². The molecule has 1 aromatic heterocycles. The van der Waals surface area contributed by atoms with Crippen LogP contribution in [0.4, 0.5) is 0 Å². The van der Waals surface area contributed by atoms with Gasteiger partial charge in [0.05, 0.1) is 16.6 Å². The maximum Gasteiger partial charge on any atom is 0.130 e. The van der Waals surface area contributed by atoms with Crippen LogP contribution >= 0.6 is 11.6 Å². The van der Waals surface area contributed by atoms with Gasteiger partial charge in [0, 0.05) is 11.1 Å². The molecule has 1 saturated carbocycles. The van der Waals surface area contributed by atoms with Crippen molar-refractivity contribution in [3.8, 4) is 0 Å². The second kappa shape index (κ2) is 3.97. The molecule has 1 aromatic carbocycles. The molecule has 0 aliphatic heterocycles. The van der Waals surface area contributed by atoms with Gasteiger partial charge in [-0.2, -0.15) is 0 Å². The summed E-state index contributed by atoms with van der Waals surface area (Å²) in [6.45, 7) is 4.15. The minimum Gasteiger partial charge on any atom is -0.323 e. The van der Waals surface area contributed by atoms with E-state index in [-0.39, 0.29) is 5.54 Å². The molecule has 1 unspecified atom stereocenters. The summed E-state index contributed by atoms with van der Waals surface area (Å²) in [5, 5.41) is 0.756.